The third kappa shape index (κ3) is 2.73. The summed E-state index contributed by atoms with van der Waals surface area (Å²) in [5.41, 5.74) is 1.04. The minimum absolute atomic E-state index is 0.615. The molecule has 0 radical (unpaired) electrons. The third-order valence-electron chi connectivity index (χ3n) is 1.82. The summed E-state index contributed by atoms with van der Waals surface area (Å²) in [6, 6.07) is 0. The molecule has 1 N–H and O–H groups in total. The Morgan fingerprint density at radius 2 is 2.07 bits per heavy atom. The van der Waals surface area contributed by atoms with Gasteiger partial charge < -0.3 is 9.84 Å². The molecule has 15 heavy (non-hydrogen) atoms. The largest absolute Gasteiger partial charge is 0.354 e. The lowest BCUT2D eigenvalue weighted by atomic mass is 10.4. The van der Waals surface area contributed by atoms with E-state index >= 15 is 0 Å². The molecule has 0 aliphatic rings. The van der Waals surface area contributed by atoms with Crippen LogP contribution in [0.15, 0.2) is 23.3 Å². The lowest BCUT2D eigenvalue weighted by Crippen LogP contribution is -2.08. The summed E-state index contributed by atoms with van der Waals surface area (Å²) in [4.78, 5) is 12.1. The second-order valence-corrected chi connectivity index (χ2v) is 3.11. The molecule has 0 saturated carbocycles. The van der Waals surface area contributed by atoms with Crippen LogP contribution in [0.1, 0.15) is 11.4 Å². The molecular weight excluding hydrogens is 194 g/mol. The topological polar surface area (TPSA) is 76.7 Å². The highest BCUT2D eigenvalue weighted by atomic mass is 16.5. The Hall–Kier alpha value is -1.98. The minimum atomic E-state index is 0.615. The van der Waals surface area contributed by atoms with E-state index in [4.69, 9.17) is 0 Å². The number of hydrogen-bond acceptors (Lipinski definition) is 6. The van der Waals surface area contributed by atoms with E-state index in [0.29, 0.717) is 24.7 Å². The van der Waals surface area contributed by atoms with E-state index in [1.54, 1.807) is 12.4 Å². The van der Waals surface area contributed by atoms with Crippen LogP contribution in [0, 0.1) is 6.92 Å². The quantitative estimate of drug-likeness (QED) is 0.796. The van der Waals surface area contributed by atoms with Crippen molar-refractivity contribution >= 4 is 5.95 Å². The minimum Gasteiger partial charge on any atom is -0.354 e. The van der Waals surface area contributed by atoms with Gasteiger partial charge in [-0.2, -0.15) is 4.98 Å². The van der Waals surface area contributed by atoms with Gasteiger partial charge in [0.05, 0.1) is 0 Å². The van der Waals surface area contributed by atoms with Crippen LogP contribution in [0.3, 0.4) is 0 Å². The summed E-state index contributed by atoms with van der Waals surface area (Å²) in [5, 5.41) is 6.76. The molecule has 0 amide bonds. The number of rotatable bonds is 4. The first kappa shape index (κ1) is 9.57. The Balaban J connectivity index is 1.81. The molecule has 78 valence electrons. The summed E-state index contributed by atoms with van der Waals surface area (Å²) in [5.74, 6) is 1.29. The Morgan fingerprint density at radius 3 is 2.73 bits per heavy atom. The van der Waals surface area contributed by atoms with E-state index in [1.165, 1.54) is 6.39 Å². The summed E-state index contributed by atoms with van der Waals surface area (Å²) < 4.78 is 4.61. The van der Waals surface area contributed by atoms with Gasteiger partial charge in [-0.1, -0.05) is 5.16 Å². The molecule has 0 unspecified atom stereocenters. The Labute approximate surface area is 86.8 Å². The Bertz CT molecular complexity index is 397. The van der Waals surface area contributed by atoms with E-state index in [-0.39, 0.29) is 0 Å². The second kappa shape index (κ2) is 4.50. The van der Waals surface area contributed by atoms with Crippen LogP contribution >= 0.6 is 0 Å². The number of nitrogens with one attached hydrogen (secondary N) is 1. The standard InChI is InChI=1S/C9H11N5O/c1-7-4-11-9(12-5-7)10-3-2-8-13-6-15-14-8/h4-6H,2-3H2,1H3,(H,10,11,12). The number of aryl methyl sites for hydroxylation is 1. The first-order valence-electron chi connectivity index (χ1n) is 4.62. The Morgan fingerprint density at radius 1 is 1.27 bits per heavy atom. The first-order chi connectivity index (χ1) is 7.34. The molecule has 0 saturated heterocycles. The highest BCUT2D eigenvalue weighted by Crippen LogP contribution is 1.98. The molecule has 6 nitrogen and oxygen atoms in total. The molecular formula is C9H11N5O. The number of nitrogens with zero attached hydrogens (tertiary/aromatic N) is 4. The van der Waals surface area contributed by atoms with Gasteiger partial charge in [0.15, 0.2) is 5.82 Å². The van der Waals surface area contributed by atoms with E-state index in [9.17, 15) is 0 Å². The predicted octanol–water partition coefficient (Wildman–Crippen LogP) is 0.823. The summed E-state index contributed by atoms with van der Waals surface area (Å²) >= 11 is 0. The zero-order chi connectivity index (χ0) is 10.5. The molecule has 0 bridgehead atoms. The van der Waals surface area contributed by atoms with Crippen molar-refractivity contribution in [3.63, 3.8) is 0 Å². The van der Waals surface area contributed by atoms with Crippen molar-refractivity contribution in [1.29, 1.82) is 0 Å². The van der Waals surface area contributed by atoms with Gasteiger partial charge in [-0.25, -0.2) is 9.97 Å². The molecule has 6 heteroatoms. The molecule has 2 aromatic heterocycles. The molecule has 2 aromatic rings. The summed E-state index contributed by atoms with van der Waals surface area (Å²) in [6.07, 6.45) is 5.54. The fourth-order valence-corrected chi connectivity index (χ4v) is 1.07. The smallest absolute Gasteiger partial charge is 0.222 e. The van der Waals surface area contributed by atoms with Crippen molar-refractivity contribution in [3.8, 4) is 0 Å². The monoisotopic (exact) mass is 205 g/mol. The second-order valence-electron chi connectivity index (χ2n) is 3.11. The van der Waals surface area contributed by atoms with Gasteiger partial charge in [0.25, 0.3) is 0 Å². The fourth-order valence-electron chi connectivity index (χ4n) is 1.07. The van der Waals surface area contributed by atoms with Crippen LogP contribution < -0.4 is 5.32 Å². The molecule has 2 rings (SSSR count). The fraction of sp³-hybridized carbons (Fsp3) is 0.333. The first-order valence-corrected chi connectivity index (χ1v) is 4.62. The average molecular weight is 205 g/mol. The molecule has 2 heterocycles. The average Bonchev–Trinajstić information content (AvgIpc) is 2.74. The normalized spacial score (nSPS) is 10.2. The molecule has 0 aromatic carbocycles. The van der Waals surface area contributed by atoms with Gasteiger partial charge in [0.1, 0.15) is 0 Å². The van der Waals surface area contributed by atoms with Crippen molar-refractivity contribution in [2.75, 3.05) is 11.9 Å². The number of hydrogen-bond donors (Lipinski definition) is 1. The zero-order valence-electron chi connectivity index (χ0n) is 8.34. The lowest BCUT2D eigenvalue weighted by molar-refractivity contribution is 0.410. The summed E-state index contributed by atoms with van der Waals surface area (Å²) in [6.45, 7) is 2.63. The van der Waals surface area contributed by atoms with Crippen LogP contribution in [0.2, 0.25) is 0 Å². The van der Waals surface area contributed by atoms with Crippen molar-refractivity contribution in [2.24, 2.45) is 0 Å². The molecule has 0 spiro atoms. The summed E-state index contributed by atoms with van der Waals surface area (Å²) in [7, 11) is 0. The van der Waals surface area contributed by atoms with Gasteiger partial charge in [-0.15, -0.1) is 0 Å². The molecule has 0 atom stereocenters. The number of aromatic nitrogens is 4. The number of anilines is 1. The van der Waals surface area contributed by atoms with Crippen molar-refractivity contribution in [3.05, 3.63) is 30.2 Å². The van der Waals surface area contributed by atoms with Gasteiger partial charge in [0, 0.05) is 25.4 Å². The highest BCUT2D eigenvalue weighted by Gasteiger charge is 1.98. The van der Waals surface area contributed by atoms with Crippen molar-refractivity contribution in [2.45, 2.75) is 13.3 Å². The predicted molar refractivity (Wildman–Crippen MR) is 53.3 cm³/mol. The van der Waals surface area contributed by atoms with Crippen LogP contribution in [0.5, 0.6) is 0 Å². The lowest BCUT2D eigenvalue weighted by Gasteiger charge is -2.01. The highest BCUT2D eigenvalue weighted by molar-refractivity contribution is 5.24. The van der Waals surface area contributed by atoms with E-state index < -0.39 is 0 Å². The van der Waals surface area contributed by atoms with Gasteiger partial charge in [0.2, 0.25) is 12.3 Å². The third-order valence-corrected chi connectivity index (χ3v) is 1.82. The van der Waals surface area contributed by atoms with E-state index in [2.05, 4.69) is 29.9 Å². The maximum absolute atomic E-state index is 4.61. The molecule has 0 aliphatic carbocycles. The van der Waals surface area contributed by atoms with Crippen LogP contribution in [0.4, 0.5) is 5.95 Å². The zero-order valence-corrected chi connectivity index (χ0v) is 8.34. The maximum Gasteiger partial charge on any atom is 0.222 e. The van der Waals surface area contributed by atoms with Gasteiger partial charge in [-0.05, 0) is 12.5 Å². The van der Waals surface area contributed by atoms with E-state index in [0.717, 1.165) is 5.56 Å². The van der Waals surface area contributed by atoms with Crippen molar-refractivity contribution < 1.29 is 4.52 Å². The molecule has 0 fully saturated rings. The van der Waals surface area contributed by atoms with Crippen molar-refractivity contribution in [1.82, 2.24) is 20.1 Å². The van der Waals surface area contributed by atoms with E-state index in [1.807, 2.05) is 6.92 Å². The maximum atomic E-state index is 4.61. The molecule has 0 aliphatic heterocycles. The van der Waals surface area contributed by atoms with Crippen LogP contribution in [0.25, 0.3) is 0 Å². The van der Waals surface area contributed by atoms with Gasteiger partial charge >= 0.3 is 0 Å². The van der Waals surface area contributed by atoms with Crippen LogP contribution in [-0.4, -0.2) is 26.7 Å². The SMILES string of the molecule is Cc1cnc(NCCc2ncon2)nc1. The Kier molecular flexibility index (Phi) is 2.87. The van der Waals surface area contributed by atoms with Crippen LogP contribution in [-0.2, 0) is 6.42 Å². The van der Waals surface area contributed by atoms with Gasteiger partial charge in [-0.3, -0.25) is 0 Å².